The highest BCUT2D eigenvalue weighted by atomic mass is 35.5. The van der Waals surface area contributed by atoms with Gasteiger partial charge in [-0.05, 0) is 18.6 Å². The summed E-state index contributed by atoms with van der Waals surface area (Å²) in [5.74, 6) is 0. The van der Waals surface area contributed by atoms with Gasteiger partial charge in [0.1, 0.15) is 6.10 Å². The van der Waals surface area contributed by atoms with Crippen LogP contribution in [0.2, 0.25) is 10.0 Å². The number of hydrogen-bond acceptors (Lipinski definition) is 2. The molecule has 2 nitrogen and oxygen atoms in total. The van der Waals surface area contributed by atoms with E-state index in [2.05, 4.69) is 0 Å². The Balaban J connectivity index is 2.75. The van der Waals surface area contributed by atoms with Crippen molar-refractivity contribution in [1.82, 2.24) is 0 Å². The molecule has 0 saturated carbocycles. The lowest BCUT2D eigenvalue weighted by molar-refractivity contribution is 0.0123. The van der Waals surface area contributed by atoms with Gasteiger partial charge in [0.15, 0.2) is 0 Å². The molecule has 0 bridgehead atoms. The molecule has 16 heavy (non-hydrogen) atoms. The van der Waals surface area contributed by atoms with Gasteiger partial charge in [0.05, 0.1) is 6.10 Å². The second-order valence-electron chi connectivity index (χ2n) is 3.82. The molecule has 0 aliphatic heterocycles. The summed E-state index contributed by atoms with van der Waals surface area (Å²) in [5, 5.41) is 20.6. The van der Waals surface area contributed by atoms with Crippen molar-refractivity contribution in [2.75, 3.05) is 0 Å². The molecule has 90 valence electrons. The molecule has 1 rings (SSSR count). The molecule has 2 N–H and O–H groups in total. The SMILES string of the molecule is CCCC[C@H](O)[C@@H](O)c1ccc(Cl)cc1Cl. The third-order valence-corrected chi connectivity index (χ3v) is 3.06. The van der Waals surface area contributed by atoms with Gasteiger partial charge in [-0.2, -0.15) is 0 Å². The Morgan fingerprint density at radius 3 is 2.50 bits per heavy atom. The van der Waals surface area contributed by atoms with Gasteiger partial charge in [-0.15, -0.1) is 0 Å². The van der Waals surface area contributed by atoms with Crippen molar-refractivity contribution in [2.24, 2.45) is 0 Å². The molecular weight excluding hydrogens is 247 g/mol. The Hall–Kier alpha value is -0.280. The molecule has 0 spiro atoms. The molecular formula is C12H16Cl2O2. The summed E-state index contributed by atoms with van der Waals surface area (Å²) in [7, 11) is 0. The second kappa shape index (κ2) is 6.45. The third kappa shape index (κ3) is 3.63. The molecule has 0 unspecified atom stereocenters. The van der Waals surface area contributed by atoms with Gasteiger partial charge >= 0.3 is 0 Å². The van der Waals surface area contributed by atoms with Crippen LogP contribution in [0, 0.1) is 0 Å². The first-order valence-electron chi connectivity index (χ1n) is 5.37. The van der Waals surface area contributed by atoms with Gasteiger partial charge in [0.25, 0.3) is 0 Å². The Kier molecular flexibility index (Phi) is 5.56. The molecule has 1 aromatic carbocycles. The van der Waals surface area contributed by atoms with Gasteiger partial charge in [-0.3, -0.25) is 0 Å². The summed E-state index contributed by atoms with van der Waals surface area (Å²) in [6.07, 6.45) is 0.702. The summed E-state index contributed by atoms with van der Waals surface area (Å²) in [6, 6.07) is 4.86. The first kappa shape index (κ1) is 13.8. The summed E-state index contributed by atoms with van der Waals surface area (Å²) >= 11 is 11.7. The Labute approximate surface area is 106 Å². The molecule has 0 radical (unpaired) electrons. The lowest BCUT2D eigenvalue weighted by Gasteiger charge is -2.19. The zero-order valence-electron chi connectivity index (χ0n) is 9.16. The number of aliphatic hydroxyl groups is 2. The summed E-state index contributed by atoms with van der Waals surface area (Å²) in [4.78, 5) is 0. The molecule has 2 atom stereocenters. The molecule has 0 saturated heterocycles. The van der Waals surface area contributed by atoms with Gasteiger partial charge < -0.3 is 10.2 Å². The molecule has 0 aromatic heterocycles. The van der Waals surface area contributed by atoms with E-state index in [1.54, 1.807) is 18.2 Å². The number of unbranched alkanes of at least 4 members (excludes halogenated alkanes) is 1. The van der Waals surface area contributed by atoms with Gasteiger partial charge in [0, 0.05) is 15.6 Å². The smallest absolute Gasteiger partial charge is 0.106 e. The first-order valence-corrected chi connectivity index (χ1v) is 6.13. The highest BCUT2D eigenvalue weighted by Crippen LogP contribution is 2.29. The lowest BCUT2D eigenvalue weighted by Crippen LogP contribution is -2.18. The summed E-state index contributed by atoms with van der Waals surface area (Å²) in [5.41, 5.74) is 0.523. The lowest BCUT2D eigenvalue weighted by atomic mass is 10.0. The van der Waals surface area contributed by atoms with Crippen LogP contribution in [0.25, 0.3) is 0 Å². The van der Waals surface area contributed by atoms with Gasteiger partial charge in [-0.25, -0.2) is 0 Å². The van der Waals surface area contributed by atoms with Crippen LogP contribution in [0.5, 0.6) is 0 Å². The molecule has 0 aliphatic rings. The molecule has 0 amide bonds. The quantitative estimate of drug-likeness (QED) is 0.852. The predicted octanol–water partition coefficient (Wildman–Crippen LogP) is 3.58. The maximum atomic E-state index is 9.91. The Morgan fingerprint density at radius 2 is 1.94 bits per heavy atom. The Morgan fingerprint density at radius 1 is 1.25 bits per heavy atom. The van der Waals surface area contributed by atoms with Crippen molar-refractivity contribution in [3.63, 3.8) is 0 Å². The van der Waals surface area contributed by atoms with Crippen molar-refractivity contribution < 1.29 is 10.2 Å². The van der Waals surface area contributed by atoms with Gasteiger partial charge in [0.2, 0.25) is 0 Å². The van der Waals surface area contributed by atoms with E-state index in [1.165, 1.54) is 0 Å². The molecule has 0 fully saturated rings. The van der Waals surface area contributed by atoms with Crippen LogP contribution in [-0.2, 0) is 0 Å². The second-order valence-corrected chi connectivity index (χ2v) is 4.66. The van der Waals surface area contributed by atoms with E-state index in [9.17, 15) is 10.2 Å². The van der Waals surface area contributed by atoms with Crippen LogP contribution in [0.15, 0.2) is 18.2 Å². The van der Waals surface area contributed by atoms with Gasteiger partial charge in [-0.1, -0.05) is 49.0 Å². The van der Waals surface area contributed by atoms with E-state index < -0.39 is 12.2 Å². The number of aliphatic hydroxyl groups excluding tert-OH is 2. The zero-order chi connectivity index (χ0) is 12.1. The maximum Gasteiger partial charge on any atom is 0.106 e. The fourth-order valence-corrected chi connectivity index (χ4v) is 2.04. The number of rotatable bonds is 5. The molecule has 1 aromatic rings. The minimum atomic E-state index is -0.948. The van der Waals surface area contributed by atoms with E-state index in [0.717, 1.165) is 12.8 Å². The third-order valence-electron chi connectivity index (χ3n) is 2.50. The predicted molar refractivity (Wildman–Crippen MR) is 67.0 cm³/mol. The van der Waals surface area contributed by atoms with E-state index in [1.807, 2.05) is 6.92 Å². The van der Waals surface area contributed by atoms with E-state index in [4.69, 9.17) is 23.2 Å². The zero-order valence-corrected chi connectivity index (χ0v) is 10.7. The standard InChI is InChI=1S/C12H16Cl2O2/c1-2-3-4-11(15)12(16)9-6-5-8(13)7-10(9)14/h5-7,11-12,15-16H,2-4H2,1H3/t11-,12-/m0/s1. The molecule has 4 heteroatoms. The molecule has 0 aliphatic carbocycles. The monoisotopic (exact) mass is 262 g/mol. The van der Waals surface area contributed by atoms with Crippen LogP contribution < -0.4 is 0 Å². The van der Waals surface area contributed by atoms with E-state index in [-0.39, 0.29) is 0 Å². The largest absolute Gasteiger partial charge is 0.390 e. The molecule has 0 heterocycles. The van der Waals surface area contributed by atoms with E-state index in [0.29, 0.717) is 22.0 Å². The highest BCUT2D eigenvalue weighted by Gasteiger charge is 2.20. The van der Waals surface area contributed by atoms with Crippen molar-refractivity contribution >= 4 is 23.2 Å². The average molecular weight is 263 g/mol. The van der Waals surface area contributed by atoms with Crippen LogP contribution in [0.4, 0.5) is 0 Å². The fraction of sp³-hybridized carbons (Fsp3) is 0.500. The topological polar surface area (TPSA) is 40.5 Å². The van der Waals surface area contributed by atoms with Crippen molar-refractivity contribution in [2.45, 2.75) is 38.4 Å². The summed E-state index contributed by atoms with van der Waals surface area (Å²) < 4.78 is 0. The number of hydrogen-bond donors (Lipinski definition) is 2. The Bertz CT molecular complexity index is 342. The number of halogens is 2. The van der Waals surface area contributed by atoms with E-state index >= 15 is 0 Å². The van der Waals surface area contributed by atoms with Crippen LogP contribution >= 0.6 is 23.2 Å². The fourth-order valence-electron chi connectivity index (χ4n) is 1.52. The van der Waals surface area contributed by atoms with Crippen molar-refractivity contribution in [3.8, 4) is 0 Å². The van der Waals surface area contributed by atoms with Crippen molar-refractivity contribution in [1.29, 1.82) is 0 Å². The van der Waals surface area contributed by atoms with Crippen LogP contribution in [0.3, 0.4) is 0 Å². The minimum Gasteiger partial charge on any atom is -0.390 e. The van der Waals surface area contributed by atoms with Crippen LogP contribution in [-0.4, -0.2) is 16.3 Å². The highest BCUT2D eigenvalue weighted by molar-refractivity contribution is 6.35. The normalized spacial score (nSPS) is 14.8. The van der Waals surface area contributed by atoms with Crippen molar-refractivity contribution in [3.05, 3.63) is 33.8 Å². The number of benzene rings is 1. The average Bonchev–Trinajstić information content (AvgIpc) is 2.25. The van der Waals surface area contributed by atoms with Crippen LogP contribution in [0.1, 0.15) is 37.9 Å². The first-order chi connectivity index (χ1) is 7.56. The summed E-state index contributed by atoms with van der Waals surface area (Å²) in [6.45, 7) is 2.04. The maximum absolute atomic E-state index is 9.91. The minimum absolute atomic E-state index is 0.385.